The molecule has 144 valence electrons. The Morgan fingerprint density at radius 3 is 2.46 bits per heavy atom. The summed E-state index contributed by atoms with van der Waals surface area (Å²) in [5.41, 5.74) is 2.78. The number of hydrogen-bond donors (Lipinski definition) is 1. The lowest BCUT2D eigenvalue weighted by molar-refractivity contribution is -0.136. The lowest BCUT2D eigenvalue weighted by Crippen LogP contribution is -2.32. The van der Waals surface area contributed by atoms with Gasteiger partial charge in [-0.05, 0) is 55.3 Å². The molecule has 0 saturated heterocycles. The summed E-state index contributed by atoms with van der Waals surface area (Å²) >= 11 is 6.02. The summed E-state index contributed by atoms with van der Waals surface area (Å²) in [6, 6.07) is 12.4. The van der Waals surface area contributed by atoms with Crippen molar-refractivity contribution in [2.24, 2.45) is 0 Å². The van der Waals surface area contributed by atoms with Crippen molar-refractivity contribution in [1.29, 1.82) is 0 Å². The van der Waals surface area contributed by atoms with Gasteiger partial charge in [-0.25, -0.2) is 0 Å². The minimum Gasteiger partial charge on any atom is -0.494 e. The molecule has 2 amide bonds. The Morgan fingerprint density at radius 2 is 1.86 bits per heavy atom. The predicted octanol–water partition coefficient (Wildman–Crippen LogP) is 4.43. The molecule has 0 aromatic heterocycles. The summed E-state index contributed by atoms with van der Waals surface area (Å²) in [5, 5.41) is 3.74. The first-order valence-corrected chi connectivity index (χ1v) is 9.31. The molecule has 2 aromatic rings. The highest BCUT2D eigenvalue weighted by Gasteiger charge is 2.38. The Hall–Kier alpha value is -3.05. The van der Waals surface area contributed by atoms with E-state index in [1.165, 1.54) is 11.0 Å². The largest absolute Gasteiger partial charge is 0.494 e. The first kappa shape index (κ1) is 19.7. The zero-order valence-corrected chi connectivity index (χ0v) is 16.5. The highest BCUT2D eigenvalue weighted by molar-refractivity contribution is 6.36. The van der Waals surface area contributed by atoms with Gasteiger partial charge in [0.2, 0.25) is 0 Å². The monoisotopic (exact) mass is 396 g/mol. The Balaban J connectivity index is 2.06. The van der Waals surface area contributed by atoms with Gasteiger partial charge in [0.05, 0.1) is 12.2 Å². The first-order valence-electron chi connectivity index (χ1n) is 8.94. The number of nitrogens with zero attached hydrogens (tertiary/aromatic N) is 1. The number of amides is 2. The van der Waals surface area contributed by atoms with Gasteiger partial charge in [0.1, 0.15) is 11.4 Å². The van der Waals surface area contributed by atoms with E-state index in [1.807, 2.05) is 13.8 Å². The highest BCUT2D eigenvalue weighted by atomic mass is 35.5. The van der Waals surface area contributed by atoms with Crippen LogP contribution in [0.4, 0.5) is 5.69 Å². The molecule has 0 fully saturated rings. The number of rotatable bonds is 7. The van der Waals surface area contributed by atoms with Crippen LogP contribution < -0.4 is 10.1 Å². The van der Waals surface area contributed by atoms with Crippen LogP contribution in [-0.2, 0) is 9.59 Å². The molecule has 0 radical (unpaired) electrons. The van der Waals surface area contributed by atoms with E-state index in [0.717, 1.165) is 5.56 Å². The van der Waals surface area contributed by atoms with E-state index in [-0.39, 0.29) is 24.1 Å². The van der Waals surface area contributed by atoms with Crippen molar-refractivity contribution < 1.29 is 14.3 Å². The second-order valence-corrected chi connectivity index (χ2v) is 6.74. The molecule has 5 nitrogen and oxygen atoms in total. The van der Waals surface area contributed by atoms with Gasteiger partial charge in [0.25, 0.3) is 11.8 Å². The van der Waals surface area contributed by atoms with Gasteiger partial charge in [-0.1, -0.05) is 29.8 Å². The average Bonchev–Trinajstić information content (AvgIpc) is 2.90. The Bertz CT molecular complexity index is 964. The second kappa shape index (κ2) is 8.31. The predicted molar refractivity (Wildman–Crippen MR) is 111 cm³/mol. The number of nitrogens with one attached hydrogen (secondary N) is 1. The van der Waals surface area contributed by atoms with E-state index in [0.29, 0.717) is 34.2 Å². The number of imide groups is 1. The fourth-order valence-electron chi connectivity index (χ4n) is 3.04. The molecule has 0 bridgehead atoms. The zero-order chi connectivity index (χ0) is 20.3. The number of ether oxygens (including phenoxy) is 1. The van der Waals surface area contributed by atoms with Gasteiger partial charge in [0, 0.05) is 17.3 Å². The fourth-order valence-corrected chi connectivity index (χ4v) is 3.27. The van der Waals surface area contributed by atoms with Crippen LogP contribution in [0.25, 0.3) is 5.57 Å². The van der Waals surface area contributed by atoms with E-state index in [2.05, 4.69) is 11.9 Å². The van der Waals surface area contributed by atoms with E-state index in [1.54, 1.807) is 42.5 Å². The van der Waals surface area contributed by atoms with Crippen molar-refractivity contribution in [3.63, 3.8) is 0 Å². The number of carbonyl (C=O) groups excluding carboxylic acids is 2. The maximum atomic E-state index is 13.0. The fraction of sp³-hybridized carbons (Fsp3) is 0.182. The van der Waals surface area contributed by atoms with Crippen LogP contribution in [0.2, 0.25) is 5.02 Å². The third-order valence-electron chi connectivity index (χ3n) is 4.38. The SMILES string of the molecule is C=CCN1C(=O)C(Nc2ccc(Cl)cc2C)=C(c2ccc(OCC)cc2)C1=O. The standard InChI is InChI=1S/C22H21ClN2O3/c1-4-12-25-21(26)19(15-6-9-17(10-7-15)28-5-2)20(22(25)27)24-18-11-8-16(23)13-14(18)3/h4,6-11,13,24H,1,5,12H2,2-3H3. The molecule has 0 aliphatic carbocycles. The summed E-state index contributed by atoms with van der Waals surface area (Å²) in [5.74, 6) is -0.0408. The van der Waals surface area contributed by atoms with Crippen LogP contribution in [0.3, 0.4) is 0 Å². The Labute approximate surface area is 169 Å². The molecule has 28 heavy (non-hydrogen) atoms. The molecule has 1 heterocycles. The topological polar surface area (TPSA) is 58.6 Å². The maximum Gasteiger partial charge on any atom is 0.278 e. The Morgan fingerprint density at radius 1 is 1.14 bits per heavy atom. The van der Waals surface area contributed by atoms with Gasteiger partial charge in [-0.15, -0.1) is 6.58 Å². The third kappa shape index (κ3) is 3.80. The number of aryl methyl sites for hydroxylation is 1. The lowest BCUT2D eigenvalue weighted by Gasteiger charge is -2.13. The summed E-state index contributed by atoms with van der Waals surface area (Å²) in [6.07, 6.45) is 1.53. The lowest BCUT2D eigenvalue weighted by atomic mass is 10.0. The normalized spacial score (nSPS) is 13.9. The van der Waals surface area contributed by atoms with Crippen LogP contribution in [0.1, 0.15) is 18.1 Å². The summed E-state index contributed by atoms with van der Waals surface area (Å²) in [6.45, 7) is 8.12. The first-order chi connectivity index (χ1) is 13.5. The Kier molecular flexibility index (Phi) is 5.85. The van der Waals surface area contributed by atoms with E-state index < -0.39 is 0 Å². The average molecular weight is 397 g/mol. The van der Waals surface area contributed by atoms with Crippen molar-refractivity contribution in [3.05, 3.63) is 77.0 Å². The van der Waals surface area contributed by atoms with Crippen molar-refractivity contribution in [2.75, 3.05) is 18.5 Å². The quantitative estimate of drug-likeness (QED) is 0.555. The molecule has 3 rings (SSSR count). The molecule has 1 aliphatic rings. The maximum absolute atomic E-state index is 13.0. The van der Waals surface area contributed by atoms with Gasteiger partial charge >= 0.3 is 0 Å². The molecule has 2 aromatic carbocycles. The van der Waals surface area contributed by atoms with Gasteiger partial charge < -0.3 is 10.1 Å². The summed E-state index contributed by atoms with van der Waals surface area (Å²) in [7, 11) is 0. The van der Waals surface area contributed by atoms with E-state index in [4.69, 9.17) is 16.3 Å². The molecule has 0 unspecified atom stereocenters. The second-order valence-electron chi connectivity index (χ2n) is 6.30. The van der Waals surface area contributed by atoms with Crippen molar-refractivity contribution in [3.8, 4) is 5.75 Å². The summed E-state index contributed by atoms with van der Waals surface area (Å²) < 4.78 is 5.46. The molecule has 1 N–H and O–H groups in total. The minimum absolute atomic E-state index is 0.142. The minimum atomic E-state index is -0.386. The number of halogens is 1. The van der Waals surface area contributed by atoms with Crippen LogP contribution in [-0.4, -0.2) is 29.9 Å². The number of hydrogen-bond acceptors (Lipinski definition) is 4. The van der Waals surface area contributed by atoms with Crippen molar-refractivity contribution in [2.45, 2.75) is 13.8 Å². The van der Waals surface area contributed by atoms with E-state index >= 15 is 0 Å². The highest BCUT2D eigenvalue weighted by Crippen LogP contribution is 2.32. The van der Waals surface area contributed by atoms with Crippen LogP contribution in [0, 0.1) is 6.92 Å². The summed E-state index contributed by atoms with van der Waals surface area (Å²) in [4.78, 5) is 27.1. The van der Waals surface area contributed by atoms with E-state index in [9.17, 15) is 9.59 Å². The number of carbonyl (C=O) groups is 2. The number of anilines is 1. The van der Waals surface area contributed by atoms with Crippen molar-refractivity contribution >= 4 is 34.7 Å². The van der Waals surface area contributed by atoms with Gasteiger partial charge in [-0.2, -0.15) is 0 Å². The number of benzene rings is 2. The smallest absolute Gasteiger partial charge is 0.278 e. The van der Waals surface area contributed by atoms with Crippen LogP contribution in [0.5, 0.6) is 5.75 Å². The molecule has 1 aliphatic heterocycles. The van der Waals surface area contributed by atoms with Gasteiger partial charge in [-0.3, -0.25) is 14.5 Å². The molecule has 0 spiro atoms. The molecule has 0 saturated carbocycles. The van der Waals surface area contributed by atoms with Gasteiger partial charge in [0.15, 0.2) is 0 Å². The molecule has 6 heteroatoms. The molecular weight excluding hydrogens is 376 g/mol. The third-order valence-corrected chi connectivity index (χ3v) is 4.62. The van der Waals surface area contributed by atoms with Crippen LogP contribution >= 0.6 is 11.6 Å². The molecule has 0 atom stereocenters. The zero-order valence-electron chi connectivity index (χ0n) is 15.8. The molecular formula is C22H21ClN2O3. The van der Waals surface area contributed by atoms with Crippen molar-refractivity contribution in [1.82, 2.24) is 4.90 Å². The van der Waals surface area contributed by atoms with Crippen LogP contribution in [0.15, 0.2) is 60.8 Å².